The van der Waals surface area contributed by atoms with Gasteiger partial charge in [0.25, 0.3) is 0 Å². The summed E-state index contributed by atoms with van der Waals surface area (Å²) in [6.07, 6.45) is 9.46. The van der Waals surface area contributed by atoms with E-state index in [1.54, 1.807) is 0 Å². The lowest BCUT2D eigenvalue weighted by Gasteiger charge is -1.94. The summed E-state index contributed by atoms with van der Waals surface area (Å²) < 4.78 is 0. The molecule has 1 radical (unpaired) electrons. The largest absolute Gasteiger partial charge is 0.103 e. The van der Waals surface area contributed by atoms with Gasteiger partial charge in [-0.15, -0.1) is 6.58 Å². The molecule has 0 aliphatic carbocycles. The number of allylic oxidation sites excluding steroid dienone is 1. The van der Waals surface area contributed by atoms with Gasteiger partial charge in [0.05, 0.1) is 0 Å². The van der Waals surface area contributed by atoms with Gasteiger partial charge in [-0.2, -0.15) is 0 Å². The van der Waals surface area contributed by atoms with E-state index < -0.39 is 0 Å². The average Bonchev–Trinajstić information content (AvgIpc) is 1.89. The Balaban J connectivity index is 2.66. The van der Waals surface area contributed by atoms with Crippen molar-refractivity contribution >= 4 is 10.2 Å². The van der Waals surface area contributed by atoms with Crippen molar-refractivity contribution in [2.45, 2.75) is 31.7 Å². The highest BCUT2D eigenvalue weighted by atomic mass is 28.1. The van der Waals surface area contributed by atoms with E-state index in [1.165, 1.54) is 35.5 Å². The molecule has 0 heterocycles. The van der Waals surface area contributed by atoms with E-state index in [0.717, 1.165) is 6.42 Å². The standard InChI is InChI=1S/C8H17Si/c1-2-3-4-5-6-7-8-9/h2,4H,1,3,5-8H2,9H3. The lowest BCUT2D eigenvalue weighted by atomic mass is 10.1. The van der Waals surface area contributed by atoms with Gasteiger partial charge in [-0.3, -0.25) is 0 Å². The molecule has 0 saturated carbocycles. The predicted molar refractivity (Wildman–Crippen MR) is 47.7 cm³/mol. The first-order valence-electron chi connectivity index (χ1n) is 3.84. The molecule has 0 saturated heterocycles. The summed E-state index contributed by atoms with van der Waals surface area (Å²) in [6, 6.07) is 1.46. The monoisotopic (exact) mass is 141 g/mol. The Kier molecular flexibility index (Phi) is 7.92. The van der Waals surface area contributed by atoms with Crippen molar-refractivity contribution in [1.82, 2.24) is 0 Å². The van der Waals surface area contributed by atoms with Crippen LogP contribution in [0.3, 0.4) is 0 Å². The first-order valence-corrected chi connectivity index (χ1v) is 5.25. The molecule has 9 heavy (non-hydrogen) atoms. The van der Waals surface area contributed by atoms with E-state index in [9.17, 15) is 0 Å². The van der Waals surface area contributed by atoms with Gasteiger partial charge >= 0.3 is 0 Å². The summed E-state index contributed by atoms with van der Waals surface area (Å²) in [5, 5.41) is 0. The molecule has 0 N–H and O–H groups in total. The molecule has 0 nitrogen and oxygen atoms in total. The van der Waals surface area contributed by atoms with Crippen LogP contribution in [0.15, 0.2) is 12.7 Å². The fourth-order valence-corrected chi connectivity index (χ4v) is 1.27. The third-order valence-electron chi connectivity index (χ3n) is 1.35. The topological polar surface area (TPSA) is 0 Å². The number of rotatable bonds is 6. The predicted octanol–water partition coefficient (Wildman–Crippen LogP) is 1.72. The van der Waals surface area contributed by atoms with Crippen LogP contribution in [0.4, 0.5) is 0 Å². The molecule has 0 spiro atoms. The minimum atomic E-state index is 1.08. The zero-order valence-corrected chi connectivity index (χ0v) is 8.40. The summed E-state index contributed by atoms with van der Waals surface area (Å²) in [7, 11) is 1.37. The SMILES string of the molecule is C=CC[CH]CCCC[SiH3]. The van der Waals surface area contributed by atoms with Crippen LogP contribution in [0.2, 0.25) is 6.04 Å². The normalized spacial score (nSPS) is 9.78. The van der Waals surface area contributed by atoms with E-state index in [4.69, 9.17) is 0 Å². The summed E-state index contributed by atoms with van der Waals surface area (Å²) >= 11 is 0. The van der Waals surface area contributed by atoms with Crippen molar-refractivity contribution in [3.63, 3.8) is 0 Å². The van der Waals surface area contributed by atoms with Gasteiger partial charge < -0.3 is 0 Å². The van der Waals surface area contributed by atoms with Crippen molar-refractivity contribution in [2.24, 2.45) is 0 Å². The molecule has 0 rings (SSSR count). The molecule has 0 unspecified atom stereocenters. The second kappa shape index (κ2) is 7.96. The van der Waals surface area contributed by atoms with Gasteiger partial charge in [0.15, 0.2) is 0 Å². The first kappa shape index (κ1) is 8.96. The summed E-state index contributed by atoms with van der Waals surface area (Å²) in [6.45, 7) is 3.65. The fraction of sp³-hybridized carbons (Fsp3) is 0.625. The molecule has 0 aliphatic rings. The number of hydrogen-bond donors (Lipinski definition) is 0. The molecule has 0 bridgehead atoms. The van der Waals surface area contributed by atoms with Crippen LogP contribution < -0.4 is 0 Å². The third kappa shape index (κ3) is 7.96. The number of unbranched alkanes of at least 4 members (excludes halogenated alkanes) is 4. The molecule has 1 heteroatoms. The minimum absolute atomic E-state index is 1.08. The molecular weight excluding hydrogens is 124 g/mol. The highest BCUT2D eigenvalue weighted by molar-refractivity contribution is 6.08. The van der Waals surface area contributed by atoms with Crippen molar-refractivity contribution < 1.29 is 0 Å². The van der Waals surface area contributed by atoms with Gasteiger partial charge in [-0.05, 0) is 19.3 Å². The minimum Gasteiger partial charge on any atom is -0.103 e. The van der Waals surface area contributed by atoms with E-state index >= 15 is 0 Å². The summed E-state index contributed by atoms with van der Waals surface area (Å²) in [5.74, 6) is 0. The Morgan fingerprint density at radius 2 is 2.11 bits per heavy atom. The Morgan fingerprint density at radius 1 is 1.33 bits per heavy atom. The molecule has 0 aliphatic heterocycles. The van der Waals surface area contributed by atoms with E-state index in [-0.39, 0.29) is 0 Å². The maximum atomic E-state index is 3.65. The zero-order valence-electron chi connectivity index (χ0n) is 6.40. The van der Waals surface area contributed by atoms with Gasteiger partial charge in [-0.25, -0.2) is 0 Å². The van der Waals surface area contributed by atoms with Gasteiger partial charge in [-0.1, -0.05) is 25.0 Å². The Hall–Kier alpha value is -0.0431. The maximum absolute atomic E-state index is 3.65. The van der Waals surface area contributed by atoms with Crippen molar-refractivity contribution in [3.05, 3.63) is 19.1 Å². The first-order chi connectivity index (χ1) is 4.41. The molecular formula is C8H17Si. The van der Waals surface area contributed by atoms with Crippen LogP contribution >= 0.6 is 0 Å². The van der Waals surface area contributed by atoms with Crippen molar-refractivity contribution in [2.75, 3.05) is 0 Å². The summed E-state index contributed by atoms with van der Waals surface area (Å²) in [4.78, 5) is 0. The van der Waals surface area contributed by atoms with Crippen molar-refractivity contribution in [3.8, 4) is 0 Å². The van der Waals surface area contributed by atoms with Crippen LogP contribution in [-0.4, -0.2) is 10.2 Å². The van der Waals surface area contributed by atoms with Crippen LogP contribution in [-0.2, 0) is 0 Å². The second-order valence-corrected chi connectivity index (χ2v) is 3.31. The third-order valence-corrected chi connectivity index (χ3v) is 2.05. The number of hydrogen-bond acceptors (Lipinski definition) is 0. The van der Waals surface area contributed by atoms with E-state index in [0.29, 0.717) is 0 Å². The van der Waals surface area contributed by atoms with Crippen molar-refractivity contribution in [1.29, 1.82) is 0 Å². The highest BCUT2D eigenvalue weighted by Gasteiger charge is 1.84. The van der Waals surface area contributed by atoms with E-state index in [1.807, 2.05) is 6.08 Å². The van der Waals surface area contributed by atoms with Crippen LogP contribution in [0, 0.1) is 6.42 Å². The lowest BCUT2D eigenvalue weighted by Crippen LogP contribution is -1.77. The zero-order chi connectivity index (χ0) is 6.95. The molecule has 53 valence electrons. The lowest BCUT2D eigenvalue weighted by molar-refractivity contribution is 0.770. The quantitative estimate of drug-likeness (QED) is 0.300. The summed E-state index contributed by atoms with van der Waals surface area (Å²) in [5.41, 5.74) is 0. The maximum Gasteiger partial charge on any atom is 0.00279 e. The molecule has 0 aromatic rings. The van der Waals surface area contributed by atoms with Gasteiger partial charge in [0, 0.05) is 10.2 Å². The Labute approximate surface area is 61.8 Å². The second-order valence-electron chi connectivity index (χ2n) is 2.31. The van der Waals surface area contributed by atoms with Crippen LogP contribution in [0.5, 0.6) is 0 Å². The Bertz CT molecular complexity index is 59.6. The molecule has 0 aromatic heterocycles. The molecule has 0 atom stereocenters. The Morgan fingerprint density at radius 3 is 2.67 bits per heavy atom. The highest BCUT2D eigenvalue weighted by Crippen LogP contribution is 2.02. The van der Waals surface area contributed by atoms with Crippen LogP contribution in [0.25, 0.3) is 0 Å². The van der Waals surface area contributed by atoms with Gasteiger partial charge in [0.1, 0.15) is 0 Å². The average molecular weight is 141 g/mol. The molecule has 0 amide bonds. The smallest absolute Gasteiger partial charge is 0.00279 e. The molecule has 0 fully saturated rings. The fourth-order valence-electron chi connectivity index (χ4n) is 0.774. The van der Waals surface area contributed by atoms with E-state index in [2.05, 4.69) is 13.0 Å². The molecule has 0 aromatic carbocycles. The van der Waals surface area contributed by atoms with Gasteiger partial charge in [0.2, 0.25) is 0 Å². The van der Waals surface area contributed by atoms with Crippen LogP contribution in [0.1, 0.15) is 25.7 Å².